The monoisotopic (exact) mass is 380 g/mol. The van der Waals surface area contributed by atoms with Gasteiger partial charge in [-0.1, -0.05) is 37.3 Å². The molecule has 2 aliphatic rings. The number of hydrogen-bond acceptors (Lipinski definition) is 5. The number of nitrogens with zero attached hydrogens (tertiary/aromatic N) is 3. The van der Waals surface area contributed by atoms with Crippen molar-refractivity contribution in [1.82, 2.24) is 15.3 Å². The van der Waals surface area contributed by atoms with Crippen molar-refractivity contribution in [2.75, 3.05) is 31.1 Å². The normalized spacial score (nSPS) is 20.3. The van der Waals surface area contributed by atoms with Gasteiger partial charge in [-0.05, 0) is 31.6 Å². The molecule has 2 aromatic rings. The first-order valence-electron chi connectivity index (χ1n) is 10.3. The van der Waals surface area contributed by atoms with Crippen LogP contribution >= 0.6 is 0 Å². The first kappa shape index (κ1) is 18.9. The molecule has 6 heteroatoms. The maximum absolute atomic E-state index is 12.8. The van der Waals surface area contributed by atoms with Gasteiger partial charge >= 0.3 is 0 Å². The highest BCUT2D eigenvalue weighted by atomic mass is 16.5. The highest BCUT2D eigenvalue weighted by molar-refractivity contribution is 5.93. The molecule has 2 saturated heterocycles. The molecule has 4 rings (SSSR count). The van der Waals surface area contributed by atoms with E-state index in [-0.39, 0.29) is 12.0 Å². The summed E-state index contributed by atoms with van der Waals surface area (Å²) in [5, 5.41) is 2.98. The fourth-order valence-corrected chi connectivity index (χ4v) is 3.77. The number of anilines is 1. The Kier molecular flexibility index (Phi) is 5.86. The number of carbonyl (C=O) groups is 1. The standard InChI is InChI=1S/C22H28N4O2/c1-16-9-11-26(12-10-16)20-14-19(22(27)23-15-18-8-5-13-28-18)24-21(25-20)17-6-3-2-4-7-17/h2-4,6-7,14,16,18H,5,8-13,15H2,1H3,(H,23,27). The highest BCUT2D eigenvalue weighted by Gasteiger charge is 2.22. The lowest BCUT2D eigenvalue weighted by atomic mass is 9.99. The van der Waals surface area contributed by atoms with Gasteiger partial charge in [-0.3, -0.25) is 4.79 Å². The molecule has 0 aliphatic carbocycles. The number of amides is 1. The Balaban J connectivity index is 1.58. The van der Waals surface area contributed by atoms with E-state index < -0.39 is 0 Å². The highest BCUT2D eigenvalue weighted by Crippen LogP contribution is 2.25. The van der Waals surface area contributed by atoms with Crippen LogP contribution in [0.4, 0.5) is 5.82 Å². The van der Waals surface area contributed by atoms with Crippen LogP contribution in [0.3, 0.4) is 0 Å². The second-order valence-corrected chi connectivity index (χ2v) is 7.82. The first-order chi connectivity index (χ1) is 13.7. The number of rotatable bonds is 5. The van der Waals surface area contributed by atoms with Gasteiger partial charge in [0, 0.05) is 37.9 Å². The van der Waals surface area contributed by atoms with Crippen LogP contribution in [-0.2, 0) is 4.74 Å². The molecule has 6 nitrogen and oxygen atoms in total. The summed E-state index contributed by atoms with van der Waals surface area (Å²) < 4.78 is 5.61. The smallest absolute Gasteiger partial charge is 0.270 e. The van der Waals surface area contributed by atoms with Gasteiger partial charge in [0.15, 0.2) is 5.82 Å². The van der Waals surface area contributed by atoms with E-state index in [1.807, 2.05) is 36.4 Å². The third-order valence-corrected chi connectivity index (χ3v) is 5.60. The van der Waals surface area contributed by atoms with E-state index in [1.165, 1.54) is 0 Å². The van der Waals surface area contributed by atoms with E-state index in [9.17, 15) is 4.79 Å². The van der Waals surface area contributed by atoms with E-state index in [0.29, 0.717) is 18.1 Å². The predicted molar refractivity (Wildman–Crippen MR) is 109 cm³/mol. The third kappa shape index (κ3) is 4.50. The molecule has 2 aliphatic heterocycles. The lowest BCUT2D eigenvalue weighted by molar-refractivity contribution is 0.0853. The zero-order valence-corrected chi connectivity index (χ0v) is 16.4. The molecular weight excluding hydrogens is 352 g/mol. The lowest BCUT2D eigenvalue weighted by Gasteiger charge is -2.31. The molecule has 1 aromatic carbocycles. The molecule has 1 atom stereocenters. The van der Waals surface area contributed by atoms with Crippen LogP contribution in [-0.4, -0.2) is 48.2 Å². The number of piperidine rings is 1. The number of ether oxygens (including phenoxy) is 1. The van der Waals surface area contributed by atoms with Crippen molar-refractivity contribution in [3.63, 3.8) is 0 Å². The third-order valence-electron chi connectivity index (χ3n) is 5.60. The molecule has 0 radical (unpaired) electrons. The summed E-state index contributed by atoms with van der Waals surface area (Å²) in [4.78, 5) is 24.4. The molecule has 3 heterocycles. The van der Waals surface area contributed by atoms with Crippen LogP contribution in [0.5, 0.6) is 0 Å². The van der Waals surface area contributed by atoms with Crippen molar-refractivity contribution in [1.29, 1.82) is 0 Å². The number of aromatic nitrogens is 2. The van der Waals surface area contributed by atoms with E-state index in [4.69, 9.17) is 9.72 Å². The summed E-state index contributed by atoms with van der Waals surface area (Å²) in [6, 6.07) is 11.7. The first-order valence-corrected chi connectivity index (χ1v) is 10.3. The molecule has 1 N–H and O–H groups in total. The van der Waals surface area contributed by atoms with E-state index >= 15 is 0 Å². The zero-order chi connectivity index (χ0) is 19.3. The van der Waals surface area contributed by atoms with Crippen LogP contribution in [0.25, 0.3) is 11.4 Å². The van der Waals surface area contributed by atoms with Crippen molar-refractivity contribution in [3.8, 4) is 11.4 Å². The summed E-state index contributed by atoms with van der Waals surface area (Å²) in [6.45, 7) is 5.52. The van der Waals surface area contributed by atoms with Crippen molar-refractivity contribution in [2.24, 2.45) is 5.92 Å². The van der Waals surface area contributed by atoms with Gasteiger partial charge in [-0.25, -0.2) is 9.97 Å². The average molecular weight is 380 g/mol. The lowest BCUT2D eigenvalue weighted by Crippen LogP contribution is -2.35. The van der Waals surface area contributed by atoms with Crippen molar-refractivity contribution in [3.05, 3.63) is 42.1 Å². The Morgan fingerprint density at radius 1 is 1.18 bits per heavy atom. The number of carbonyl (C=O) groups excluding carboxylic acids is 1. The molecule has 1 aromatic heterocycles. The minimum Gasteiger partial charge on any atom is -0.376 e. The second kappa shape index (κ2) is 8.69. The molecule has 0 bridgehead atoms. The predicted octanol–water partition coefficient (Wildman–Crippen LogP) is 3.29. The van der Waals surface area contributed by atoms with Crippen molar-refractivity contribution < 1.29 is 9.53 Å². The number of benzene rings is 1. The summed E-state index contributed by atoms with van der Waals surface area (Å²) in [7, 11) is 0. The quantitative estimate of drug-likeness (QED) is 0.862. The number of nitrogens with one attached hydrogen (secondary N) is 1. The van der Waals surface area contributed by atoms with Gasteiger partial charge in [0.25, 0.3) is 5.91 Å². The van der Waals surface area contributed by atoms with Crippen LogP contribution in [0.2, 0.25) is 0 Å². The van der Waals surface area contributed by atoms with Gasteiger partial charge in [0.2, 0.25) is 0 Å². The van der Waals surface area contributed by atoms with Gasteiger partial charge in [0.1, 0.15) is 11.5 Å². The minimum atomic E-state index is -0.165. The zero-order valence-electron chi connectivity index (χ0n) is 16.4. The summed E-state index contributed by atoms with van der Waals surface area (Å²) >= 11 is 0. The second-order valence-electron chi connectivity index (χ2n) is 7.82. The Morgan fingerprint density at radius 3 is 2.68 bits per heavy atom. The van der Waals surface area contributed by atoms with E-state index in [2.05, 4.69) is 22.1 Å². The minimum absolute atomic E-state index is 0.113. The fourth-order valence-electron chi connectivity index (χ4n) is 3.77. The van der Waals surface area contributed by atoms with E-state index in [1.54, 1.807) is 0 Å². The van der Waals surface area contributed by atoms with Crippen molar-refractivity contribution >= 4 is 11.7 Å². The Bertz CT molecular complexity index is 797. The molecule has 1 amide bonds. The van der Waals surface area contributed by atoms with Crippen LogP contribution in [0.15, 0.2) is 36.4 Å². The van der Waals surface area contributed by atoms with Crippen LogP contribution in [0, 0.1) is 5.92 Å². The average Bonchev–Trinajstić information content (AvgIpc) is 3.26. The van der Waals surface area contributed by atoms with Crippen LogP contribution < -0.4 is 10.2 Å². The Morgan fingerprint density at radius 2 is 1.96 bits per heavy atom. The molecular formula is C22H28N4O2. The topological polar surface area (TPSA) is 67.4 Å². The molecule has 0 saturated carbocycles. The molecule has 28 heavy (non-hydrogen) atoms. The number of hydrogen-bond donors (Lipinski definition) is 1. The van der Waals surface area contributed by atoms with Gasteiger partial charge < -0.3 is 15.0 Å². The summed E-state index contributed by atoms with van der Waals surface area (Å²) in [5.74, 6) is 2.00. The van der Waals surface area contributed by atoms with Crippen LogP contribution in [0.1, 0.15) is 43.1 Å². The summed E-state index contributed by atoms with van der Waals surface area (Å²) in [6.07, 6.45) is 4.46. The molecule has 1 unspecified atom stereocenters. The maximum Gasteiger partial charge on any atom is 0.270 e. The van der Waals surface area contributed by atoms with E-state index in [0.717, 1.165) is 62.7 Å². The SMILES string of the molecule is CC1CCN(c2cc(C(=O)NCC3CCCO3)nc(-c3ccccc3)n2)CC1. The molecule has 2 fully saturated rings. The van der Waals surface area contributed by atoms with Gasteiger partial charge in [0.05, 0.1) is 6.10 Å². The van der Waals surface area contributed by atoms with Gasteiger partial charge in [-0.15, -0.1) is 0 Å². The fraction of sp³-hybridized carbons (Fsp3) is 0.500. The molecule has 0 spiro atoms. The summed E-state index contributed by atoms with van der Waals surface area (Å²) in [5.41, 5.74) is 1.34. The molecule has 148 valence electrons. The Hall–Kier alpha value is -2.47. The Labute approximate surface area is 166 Å². The van der Waals surface area contributed by atoms with Gasteiger partial charge in [-0.2, -0.15) is 0 Å². The van der Waals surface area contributed by atoms with Crippen molar-refractivity contribution in [2.45, 2.75) is 38.7 Å². The largest absolute Gasteiger partial charge is 0.376 e. The maximum atomic E-state index is 12.8.